The smallest absolute Gasteiger partial charge is 0.303 e. The lowest BCUT2D eigenvalue weighted by atomic mass is 9.82. The number of benzene rings is 2. The molecule has 2 aromatic rings. The zero-order valence-corrected chi connectivity index (χ0v) is 18.9. The summed E-state index contributed by atoms with van der Waals surface area (Å²) in [7, 11) is 0. The zero-order valence-electron chi connectivity index (χ0n) is 18.1. The van der Waals surface area contributed by atoms with Crippen molar-refractivity contribution in [2.24, 2.45) is 5.92 Å². The first-order valence-corrected chi connectivity index (χ1v) is 11.1. The van der Waals surface area contributed by atoms with Gasteiger partial charge in [-0.15, -0.1) is 12.4 Å². The summed E-state index contributed by atoms with van der Waals surface area (Å²) in [4.78, 5) is 25.9. The fourth-order valence-corrected chi connectivity index (χ4v) is 4.61. The van der Waals surface area contributed by atoms with E-state index in [-0.39, 0.29) is 30.7 Å². The summed E-state index contributed by atoms with van der Waals surface area (Å²) in [6, 6.07) is 13.1. The zero-order chi connectivity index (χ0) is 21.8. The molecule has 1 aliphatic carbocycles. The fraction of sp³-hybridized carbons (Fsp3) is 0.400. The first-order chi connectivity index (χ1) is 15.0. The number of hydrogen-bond donors (Lipinski definition) is 3. The number of carboxylic acids is 1. The number of rotatable bonds is 5. The van der Waals surface area contributed by atoms with Gasteiger partial charge in [0, 0.05) is 36.3 Å². The molecule has 0 saturated carbocycles. The lowest BCUT2D eigenvalue weighted by molar-refractivity contribution is -0.138. The highest BCUT2D eigenvalue weighted by atomic mass is 35.5. The first-order valence-electron chi connectivity index (χ1n) is 11.1. The minimum absolute atomic E-state index is 0. The van der Waals surface area contributed by atoms with E-state index < -0.39 is 5.97 Å². The van der Waals surface area contributed by atoms with E-state index in [1.807, 2.05) is 30.3 Å². The SMILES string of the molecule is Cl.N=C(c1ccc(C(=O)Nc2ccc3c(c2)CC(CC(=O)O)CC3)cc1)N1CCCCC1. The number of halogens is 1. The number of aryl methyl sites for hydroxylation is 1. The second-order valence-corrected chi connectivity index (χ2v) is 8.62. The summed E-state index contributed by atoms with van der Waals surface area (Å²) in [6.45, 7) is 1.85. The van der Waals surface area contributed by atoms with Crippen LogP contribution in [0.15, 0.2) is 42.5 Å². The van der Waals surface area contributed by atoms with Gasteiger partial charge in [-0.3, -0.25) is 15.0 Å². The van der Waals surface area contributed by atoms with Gasteiger partial charge >= 0.3 is 5.97 Å². The number of nitrogens with zero attached hydrogens (tertiary/aromatic N) is 1. The number of carbonyl (C=O) groups excluding carboxylic acids is 1. The highest BCUT2D eigenvalue weighted by Gasteiger charge is 2.21. The Morgan fingerprint density at radius 3 is 2.38 bits per heavy atom. The normalized spacial score (nSPS) is 17.6. The van der Waals surface area contributed by atoms with Crippen molar-refractivity contribution in [3.05, 3.63) is 64.7 Å². The maximum atomic E-state index is 12.7. The molecule has 4 rings (SSSR count). The first kappa shape index (κ1) is 23.8. The third-order valence-corrected chi connectivity index (χ3v) is 6.35. The van der Waals surface area contributed by atoms with Crippen molar-refractivity contribution in [3.63, 3.8) is 0 Å². The summed E-state index contributed by atoms with van der Waals surface area (Å²) < 4.78 is 0. The quantitative estimate of drug-likeness (QED) is 0.448. The molecule has 2 aromatic carbocycles. The molecule has 1 saturated heterocycles. The van der Waals surface area contributed by atoms with Crippen molar-refractivity contribution in [3.8, 4) is 0 Å². The van der Waals surface area contributed by atoms with E-state index in [0.717, 1.165) is 62.0 Å². The van der Waals surface area contributed by atoms with Crippen molar-refractivity contribution in [1.29, 1.82) is 5.41 Å². The number of amides is 1. The Kier molecular flexibility index (Phi) is 7.91. The van der Waals surface area contributed by atoms with Crippen molar-refractivity contribution >= 4 is 35.8 Å². The van der Waals surface area contributed by atoms with Gasteiger partial charge in [0.15, 0.2) is 0 Å². The number of carbonyl (C=O) groups is 2. The average Bonchev–Trinajstić information content (AvgIpc) is 2.78. The van der Waals surface area contributed by atoms with Gasteiger partial charge in [0.1, 0.15) is 5.84 Å². The minimum atomic E-state index is -0.755. The van der Waals surface area contributed by atoms with Gasteiger partial charge in [0.05, 0.1) is 0 Å². The van der Waals surface area contributed by atoms with Crippen LogP contribution in [0.3, 0.4) is 0 Å². The van der Waals surface area contributed by atoms with Crippen LogP contribution in [0.1, 0.15) is 59.2 Å². The van der Waals surface area contributed by atoms with Gasteiger partial charge in [-0.25, -0.2) is 0 Å². The van der Waals surface area contributed by atoms with Gasteiger partial charge < -0.3 is 15.3 Å². The van der Waals surface area contributed by atoms with Gasteiger partial charge in [0.2, 0.25) is 0 Å². The van der Waals surface area contributed by atoms with E-state index >= 15 is 0 Å². The van der Waals surface area contributed by atoms with Crippen LogP contribution in [0.25, 0.3) is 0 Å². The van der Waals surface area contributed by atoms with Crippen LogP contribution in [0.4, 0.5) is 5.69 Å². The number of piperidine rings is 1. The van der Waals surface area contributed by atoms with E-state index in [9.17, 15) is 9.59 Å². The second kappa shape index (κ2) is 10.6. The van der Waals surface area contributed by atoms with Crippen LogP contribution in [0.5, 0.6) is 0 Å². The molecule has 3 N–H and O–H groups in total. The number of aliphatic carboxylic acids is 1. The Hall–Kier alpha value is -2.86. The Labute approximate surface area is 194 Å². The lowest BCUT2D eigenvalue weighted by Gasteiger charge is -2.29. The summed E-state index contributed by atoms with van der Waals surface area (Å²) in [5.74, 6) is -0.264. The highest BCUT2D eigenvalue weighted by molar-refractivity contribution is 6.05. The standard InChI is InChI=1S/C25H29N3O3.ClH/c26-24(28-12-2-1-3-13-28)19-6-8-20(9-7-19)25(31)27-22-11-10-18-5-4-17(15-23(29)30)14-21(18)16-22;/h6-11,16-17,26H,1-5,12-15H2,(H,27,31)(H,29,30);1H. The van der Waals surface area contributed by atoms with Crippen LogP contribution in [-0.2, 0) is 17.6 Å². The maximum absolute atomic E-state index is 12.7. The molecule has 0 radical (unpaired) electrons. The molecular formula is C25H30ClN3O3. The van der Waals surface area contributed by atoms with Crippen LogP contribution < -0.4 is 5.32 Å². The fourth-order valence-electron chi connectivity index (χ4n) is 4.61. The van der Waals surface area contributed by atoms with Crippen LogP contribution >= 0.6 is 12.4 Å². The minimum Gasteiger partial charge on any atom is -0.481 e. The van der Waals surface area contributed by atoms with Crippen LogP contribution in [0, 0.1) is 11.3 Å². The molecule has 6 nitrogen and oxygen atoms in total. The number of likely N-dealkylation sites (tertiary alicyclic amines) is 1. The molecular weight excluding hydrogens is 426 g/mol. The number of nitrogens with one attached hydrogen (secondary N) is 2. The van der Waals surface area contributed by atoms with E-state index in [1.165, 1.54) is 12.0 Å². The molecule has 1 unspecified atom stereocenters. The molecule has 0 bridgehead atoms. The molecule has 1 heterocycles. The largest absolute Gasteiger partial charge is 0.481 e. The summed E-state index contributed by atoms with van der Waals surface area (Å²) in [6.07, 6.45) is 6.18. The third-order valence-electron chi connectivity index (χ3n) is 6.35. The average molecular weight is 456 g/mol. The number of carboxylic acid groups (broad SMARTS) is 1. The van der Waals surface area contributed by atoms with E-state index in [2.05, 4.69) is 10.2 Å². The number of fused-ring (bicyclic) bond motifs is 1. The monoisotopic (exact) mass is 455 g/mol. The maximum Gasteiger partial charge on any atom is 0.303 e. The van der Waals surface area contributed by atoms with Gasteiger partial charge in [0.25, 0.3) is 5.91 Å². The topological polar surface area (TPSA) is 93.5 Å². The van der Waals surface area contributed by atoms with E-state index in [0.29, 0.717) is 11.4 Å². The number of hydrogen-bond acceptors (Lipinski definition) is 3. The van der Waals surface area contributed by atoms with E-state index in [4.69, 9.17) is 10.5 Å². The van der Waals surface area contributed by atoms with Gasteiger partial charge in [-0.1, -0.05) is 18.2 Å². The van der Waals surface area contributed by atoms with Crippen molar-refractivity contribution in [1.82, 2.24) is 4.90 Å². The third kappa shape index (κ3) is 5.68. The molecule has 32 heavy (non-hydrogen) atoms. The number of amidine groups is 1. The Bertz CT molecular complexity index is 984. The molecule has 2 aliphatic rings. The predicted molar refractivity (Wildman–Crippen MR) is 128 cm³/mol. The summed E-state index contributed by atoms with van der Waals surface area (Å²) >= 11 is 0. The Balaban J connectivity index is 0.00000289. The lowest BCUT2D eigenvalue weighted by Crippen LogP contribution is -2.35. The second-order valence-electron chi connectivity index (χ2n) is 8.62. The molecule has 7 heteroatoms. The molecule has 0 aromatic heterocycles. The summed E-state index contributed by atoms with van der Waals surface area (Å²) in [5.41, 5.74) is 4.47. The van der Waals surface area contributed by atoms with Gasteiger partial charge in [-0.05, 0) is 79.8 Å². The highest BCUT2D eigenvalue weighted by Crippen LogP contribution is 2.29. The van der Waals surface area contributed by atoms with Crippen LogP contribution in [-0.4, -0.2) is 40.8 Å². The molecule has 1 amide bonds. The van der Waals surface area contributed by atoms with Crippen molar-refractivity contribution < 1.29 is 14.7 Å². The number of anilines is 1. The van der Waals surface area contributed by atoms with Crippen LogP contribution in [0.2, 0.25) is 0 Å². The van der Waals surface area contributed by atoms with Crippen molar-refractivity contribution in [2.75, 3.05) is 18.4 Å². The Morgan fingerprint density at radius 2 is 1.69 bits per heavy atom. The molecule has 0 spiro atoms. The Morgan fingerprint density at radius 1 is 1.00 bits per heavy atom. The van der Waals surface area contributed by atoms with Gasteiger partial charge in [-0.2, -0.15) is 0 Å². The summed E-state index contributed by atoms with van der Waals surface area (Å²) in [5, 5.41) is 20.4. The molecule has 1 fully saturated rings. The molecule has 170 valence electrons. The van der Waals surface area contributed by atoms with E-state index in [1.54, 1.807) is 12.1 Å². The predicted octanol–water partition coefficient (Wildman–Crippen LogP) is 4.75. The molecule has 1 atom stereocenters. The molecule has 1 aliphatic heterocycles. The van der Waals surface area contributed by atoms with Crippen molar-refractivity contribution in [2.45, 2.75) is 44.9 Å².